The van der Waals surface area contributed by atoms with Crippen LogP contribution in [0.15, 0.2) is 54.6 Å². The van der Waals surface area contributed by atoms with Gasteiger partial charge in [0.2, 0.25) is 0 Å². The van der Waals surface area contributed by atoms with E-state index in [1.807, 2.05) is 23.1 Å². The van der Waals surface area contributed by atoms with Gasteiger partial charge in [-0.2, -0.15) is 5.10 Å². The molecule has 1 atom stereocenters. The van der Waals surface area contributed by atoms with Gasteiger partial charge in [0.25, 0.3) is 0 Å². The number of rotatable bonds is 4. The Hall–Kier alpha value is -2.50. The summed E-state index contributed by atoms with van der Waals surface area (Å²) in [6.45, 7) is 4.21. The van der Waals surface area contributed by atoms with Crippen LogP contribution in [0.1, 0.15) is 35.1 Å². The zero-order chi connectivity index (χ0) is 19.1. The van der Waals surface area contributed by atoms with E-state index < -0.39 is 0 Å². The Balaban J connectivity index is 1.49. The number of fused-ring (bicyclic) bond motifs is 1. The maximum atomic E-state index is 4.95. The minimum atomic E-state index is 0.403. The Bertz CT molecular complexity index is 1080. The van der Waals surface area contributed by atoms with Crippen LogP contribution in [-0.4, -0.2) is 26.2 Å². The quantitative estimate of drug-likeness (QED) is 0.473. The Morgan fingerprint density at radius 1 is 1.07 bits per heavy atom. The number of aromatic nitrogens is 3. The van der Waals surface area contributed by atoms with Crippen LogP contribution in [0.4, 0.5) is 0 Å². The molecule has 0 bridgehead atoms. The molecular weight excluding hydrogens is 364 g/mol. The van der Waals surface area contributed by atoms with E-state index in [-0.39, 0.29) is 0 Å². The molecule has 4 nitrogen and oxygen atoms in total. The highest BCUT2D eigenvalue weighted by molar-refractivity contribution is 7.18. The highest BCUT2D eigenvalue weighted by atomic mass is 32.1. The molecule has 0 saturated carbocycles. The first kappa shape index (κ1) is 17.6. The molecule has 5 rings (SSSR count). The van der Waals surface area contributed by atoms with Crippen LogP contribution in [-0.2, 0) is 13.6 Å². The van der Waals surface area contributed by atoms with Crippen LogP contribution < -0.4 is 0 Å². The zero-order valence-electron chi connectivity index (χ0n) is 16.3. The summed E-state index contributed by atoms with van der Waals surface area (Å²) in [5.41, 5.74) is 6.00. The van der Waals surface area contributed by atoms with E-state index >= 15 is 0 Å². The van der Waals surface area contributed by atoms with Crippen molar-refractivity contribution in [1.82, 2.24) is 19.7 Å². The summed E-state index contributed by atoms with van der Waals surface area (Å²) >= 11 is 1.85. The average Bonchev–Trinajstić information content (AvgIpc) is 3.42. The van der Waals surface area contributed by atoms with Crippen molar-refractivity contribution < 1.29 is 0 Å². The molecular formula is C23H24N4S. The van der Waals surface area contributed by atoms with Gasteiger partial charge in [-0.1, -0.05) is 42.5 Å². The van der Waals surface area contributed by atoms with Crippen molar-refractivity contribution in [1.29, 1.82) is 0 Å². The second-order valence-corrected chi connectivity index (χ2v) is 8.61. The Kier molecular flexibility index (Phi) is 4.49. The molecule has 0 radical (unpaired) electrons. The lowest BCUT2D eigenvalue weighted by atomic mass is 10.1. The summed E-state index contributed by atoms with van der Waals surface area (Å²) in [7, 11) is 2.04. The first-order valence-corrected chi connectivity index (χ1v) is 10.7. The summed E-state index contributed by atoms with van der Waals surface area (Å²) < 4.78 is 3.30. The van der Waals surface area contributed by atoms with E-state index in [0.29, 0.717) is 6.04 Å². The van der Waals surface area contributed by atoms with Crippen molar-refractivity contribution in [3.8, 4) is 11.3 Å². The minimum Gasteiger partial charge on any atom is -0.290 e. The number of likely N-dealkylation sites (tertiary alicyclic amines) is 1. The summed E-state index contributed by atoms with van der Waals surface area (Å²) in [6, 6.07) is 19.4. The number of para-hydroxylation sites is 1. The van der Waals surface area contributed by atoms with Crippen LogP contribution in [0.3, 0.4) is 0 Å². The third-order valence-electron chi connectivity index (χ3n) is 5.83. The minimum absolute atomic E-state index is 0.403. The molecule has 142 valence electrons. The second-order valence-electron chi connectivity index (χ2n) is 7.55. The topological polar surface area (TPSA) is 34.0 Å². The van der Waals surface area contributed by atoms with Crippen LogP contribution >= 0.6 is 11.3 Å². The van der Waals surface area contributed by atoms with Gasteiger partial charge < -0.3 is 0 Å². The monoisotopic (exact) mass is 388 g/mol. The average molecular weight is 389 g/mol. The van der Waals surface area contributed by atoms with Crippen molar-refractivity contribution in [2.45, 2.75) is 32.4 Å². The Morgan fingerprint density at radius 2 is 1.86 bits per heavy atom. The molecule has 0 N–H and O–H groups in total. The first-order valence-electron chi connectivity index (χ1n) is 9.88. The molecule has 1 aliphatic rings. The van der Waals surface area contributed by atoms with E-state index in [2.05, 4.69) is 66.4 Å². The molecule has 28 heavy (non-hydrogen) atoms. The predicted molar refractivity (Wildman–Crippen MR) is 115 cm³/mol. The van der Waals surface area contributed by atoms with Crippen LogP contribution in [0.25, 0.3) is 21.5 Å². The summed E-state index contributed by atoms with van der Waals surface area (Å²) in [6.07, 6.45) is 2.40. The number of aryl methyl sites for hydroxylation is 1. The van der Waals surface area contributed by atoms with Crippen molar-refractivity contribution in [3.63, 3.8) is 0 Å². The summed E-state index contributed by atoms with van der Waals surface area (Å²) in [5.74, 6) is 0. The van der Waals surface area contributed by atoms with Crippen molar-refractivity contribution >= 4 is 21.6 Å². The van der Waals surface area contributed by atoms with Crippen LogP contribution in [0.2, 0.25) is 0 Å². The fourth-order valence-corrected chi connectivity index (χ4v) is 5.34. The van der Waals surface area contributed by atoms with E-state index in [4.69, 9.17) is 10.1 Å². The Labute approximate surface area is 169 Å². The molecule has 1 saturated heterocycles. The fourth-order valence-electron chi connectivity index (χ4n) is 4.20. The molecule has 2 aromatic heterocycles. The molecule has 2 aromatic carbocycles. The van der Waals surface area contributed by atoms with Crippen LogP contribution in [0.5, 0.6) is 0 Å². The summed E-state index contributed by atoms with van der Waals surface area (Å²) in [4.78, 5) is 7.54. The van der Waals surface area contributed by atoms with Gasteiger partial charge in [0.1, 0.15) is 5.01 Å². The Morgan fingerprint density at radius 3 is 2.68 bits per heavy atom. The lowest BCUT2D eigenvalue weighted by Gasteiger charge is -2.23. The van der Waals surface area contributed by atoms with Crippen molar-refractivity contribution in [3.05, 3.63) is 70.9 Å². The third kappa shape index (κ3) is 3.05. The fraction of sp³-hybridized carbons (Fsp3) is 0.304. The van der Waals surface area contributed by atoms with E-state index in [1.54, 1.807) is 0 Å². The highest BCUT2D eigenvalue weighted by Crippen LogP contribution is 2.38. The molecule has 5 heteroatoms. The molecule has 4 aromatic rings. The van der Waals surface area contributed by atoms with Gasteiger partial charge in [-0.3, -0.25) is 9.58 Å². The number of hydrogen-bond donors (Lipinski definition) is 0. The van der Waals surface area contributed by atoms with Gasteiger partial charge in [0.05, 0.1) is 22.0 Å². The zero-order valence-corrected chi connectivity index (χ0v) is 17.1. The van der Waals surface area contributed by atoms with Gasteiger partial charge >= 0.3 is 0 Å². The van der Waals surface area contributed by atoms with E-state index in [1.165, 1.54) is 39.4 Å². The molecule has 1 fully saturated rings. The molecule has 0 amide bonds. The smallest absolute Gasteiger partial charge is 0.111 e. The maximum Gasteiger partial charge on any atom is 0.111 e. The number of benzene rings is 2. The summed E-state index contributed by atoms with van der Waals surface area (Å²) in [5, 5.41) is 6.08. The lowest BCUT2D eigenvalue weighted by molar-refractivity contribution is 0.248. The van der Waals surface area contributed by atoms with Crippen LogP contribution in [0, 0.1) is 6.92 Å². The van der Waals surface area contributed by atoms with Gasteiger partial charge in [0, 0.05) is 30.4 Å². The number of thiazole rings is 1. The van der Waals surface area contributed by atoms with Crippen molar-refractivity contribution in [2.75, 3.05) is 6.54 Å². The number of nitrogens with zero attached hydrogens (tertiary/aromatic N) is 4. The van der Waals surface area contributed by atoms with Crippen molar-refractivity contribution in [2.24, 2.45) is 7.05 Å². The predicted octanol–water partition coefficient (Wildman–Crippen LogP) is 5.34. The number of hydrogen-bond acceptors (Lipinski definition) is 4. The normalized spacial score (nSPS) is 17.6. The standard InChI is InChI=1S/C23H24N4S/c1-16-18(22(25-26(16)2)17-9-4-3-5-10-17)15-27-14-8-12-20(27)23-24-19-11-6-7-13-21(19)28-23/h3-7,9-11,13,20H,8,12,14-15H2,1-2H3/t20-/m1/s1. The second kappa shape index (κ2) is 7.15. The maximum absolute atomic E-state index is 4.95. The van der Waals surface area contributed by atoms with Gasteiger partial charge in [-0.05, 0) is 38.4 Å². The van der Waals surface area contributed by atoms with Gasteiger partial charge in [-0.15, -0.1) is 11.3 Å². The molecule has 1 aliphatic heterocycles. The largest absolute Gasteiger partial charge is 0.290 e. The molecule has 0 spiro atoms. The molecule has 3 heterocycles. The van der Waals surface area contributed by atoms with Gasteiger partial charge in [0.15, 0.2) is 0 Å². The lowest BCUT2D eigenvalue weighted by Crippen LogP contribution is -2.23. The van der Waals surface area contributed by atoms with Gasteiger partial charge in [-0.25, -0.2) is 4.98 Å². The SMILES string of the molecule is Cc1c(CN2CCC[C@@H]2c2nc3ccccc3s2)c(-c2ccccc2)nn1C. The first-order chi connectivity index (χ1) is 13.7. The van der Waals surface area contributed by atoms with E-state index in [9.17, 15) is 0 Å². The third-order valence-corrected chi connectivity index (χ3v) is 6.96. The molecule has 0 aliphatic carbocycles. The molecule has 0 unspecified atom stereocenters. The highest BCUT2D eigenvalue weighted by Gasteiger charge is 2.30. The van der Waals surface area contributed by atoms with E-state index in [0.717, 1.165) is 24.3 Å².